The molecule has 0 aromatic rings. The number of nitrogens with zero attached hydrogens (tertiary/aromatic N) is 2. The van der Waals surface area contributed by atoms with Gasteiger partial charge in [-0.05, 0) is 40.8 Å². The molecule has 1 amide bonds. The average Bonchev–Trinajstić information content (AvgIpc) is 2.65. The van der Waals surface area contributed by atoms with Crippen molar-refractivity contribution in [2.45, 2.75) is 77.5 Å². The molecular formula is C16H33N3O. The highest BCUT2D eigenvalue weighted by Gasteiger charge is 2.40. The summed E-state index contributed by atoms with van der Waals surface area (Å²) in [5, 5.41) is 3.55. The SMILES string of the molecule is CCCCC1NC(CCC)N(CC(C)(C)N(C)C)C1=O. The van der Waals surface area contributed by atoms with Crippen LogP contribution < -0.4 is 5.32 Å². The zero-order valence-corrected chi connectivity index (χ0v) is 14.2. The molecule has 0 radical (unpaired) electrons. The number of rotatable bonds is 8. The summed E-state index contributed by atoms with van der Waals surface area (Å²) in [4.78, 5) is 16.9. The lowest BCUT2D eigenvalue weighted by atomic mass is 10.0. The molecule has 20 heavy (non-hydrogen) atoms. The van der Waals surface area contributed by atoms with Gasteiger partial charge in [0.1, 0.15) is 0 Å². The van der Waals surface area contributed by atoms with Crippen LogP contribution in [-0.4, -0.2) is 54.1 Å². The summed E-state index contributed by atoms with van der Waals surface area (Å²) in [5.41, 5.74) is 0.00295. The first-order valence-electron chi connectivity index (χ1n) is 8.07. The molecule has 0 spiro atoms. The Kier molecular flexibility index (Phi) is 6.46. The summed E-state index contributed by atoms with van der Waals surface area (Å²) < 4.78 is 0. The number of hydrogen-bond donors (Lipinski definition) is 1. The van der Waals surface area contributed by atoms with Crippen molar-refractivity contribution >= 4 is 5.91 Å². The van der Waals surface area contributed by atoms with E-state index in [1.54, 1.807) is 0 Å². The number of nitrogens with one attached hydrogen (secondary N) is 1. The van der Waals surface area contributed by atoms with Crippen LogP contribution in [-0.2, 0) is 4.79 Å². The summed E-state index contributed by atoms with van der Waals surface area (Å²) >= 11 is 0. The molecule has 118 valence electrons. The first kappa shape index (κ1) is 17.4. The van der Waals surface area contributed by atoms with E-state index in [1.807, 2.05) is 0 Å². The molecular weight excluding hydrogens is 250 g/mol. The maximum absolute atomic E-state index is 12.6. The Hall–Kier alpha value is -0.610. The normalized spacial score (nSPS) is 23.9. The van der Waals surface area contributed by atoms with Crippen LogP contribution in [0.3, 0.4) is 0 Å². The third-order valence-electron chi connectivity index (χ3n) is 4.53. The van der Waals surface area contributed by atoms with Gasteiger partial charge in [-0.3, -0.25) is 10.1 Å². The van der Waals surface area contributed by atoms with Crippen molar-refractivity contribution in [2.24, 2.45) is 0 Å². The lowest BCUT2D eigenvalue weighted by Crippen LogP contribution is -2.51. The van der Waals surface area contributed by atoms with Crippen LogP contribution in [0.1, 0.15) is 59.8 Å². The molecule has 4 nitrogen and oxygen atoms in total. The van der Waals surface area contributed by atoms with Gasteiger partial charge in [0, 0.05) is 12.1 Å². The minimum Gasteiger partial charge on any atom is -0.324 e. The number of carbonyl (C=O) groups excluding carboxylic acids is 1. The minimum absolute atomic E-state index is 0.00295. The van der Waals surface area contributed by atoms with Gasteiger partial charge in [-0.1, -0.05) is 33.1 Å². The van der Waals surface area contributed by atoms with Crippen LogP contribution in [0.25, 0.3) is 0 Å². The van der Waals surface area contributed by atoms with Gasteiger partial charge in [-0.25, -0.2) is 0 Å². The Morgan fingerprint density at radius 3 is 2.35 bits per heavy atom. The first-order valence-corrected chi connectivity index (χ1v) is 8.07. The van der Waals surface area contributed by atoms with Gasteiger partial charge >= 0.3 is 0 Å². The van der Waals surface area contributed by atoms with Crippen LogP contribution in [0.4, 0.5) is 0 Å². The number of unbranched alkanes of at least 4 members (excludes halogenated alkanes) is 1. The predicted molar refractivity (Wildman–Crippen MR) is 84.6 cm³/mol. The van der Waals surface area contributed by atoms with E-state index in [0.29, 0.717) is 5.91 Å². The molecule has 1 rings (SSSR count). The highest BCUT2D eigenvalue weighted by atomic mass is 16.2. The fraction of sp³-hybridized carbons (Fsp3) is 0.938. The molecule has 0 bridgehead atoms. The minimum atomic E-state index is 0.00295. The number of hydrogen-bond acceptors (Lipinski definition) is 3. The van der Waals surface area contributed by atoms with Crippen LogP contribution in [0.15, 0.2) is 0 Å². The van der Waals surface area contributed by atoms with E-state index < -0.39 is 0 Å². The monoisotopic (exact) mass is 283 g/mol. The Balaban J connectivity index is 2.76. The molecule has 2 atom stereocenters. The van der Waals surface area contributed by atoms with Gasteiger partial charge in [-0.15, -0.1) is 0 Å². The Labute approximate surface area is 124 Å². The van der Waals surface area contributed by atoms with Crippen LogP contribution in [0.5, 0.6) is 0 Å². The molecule has 0 aliphatic carbocycles. The lowest BCUT2D eigenvalue weighted by molar-refractivity contribution is -0.131. The molecule has 1 aliphatic heterocycles. The number of likely N-dealkylation sites (N-methyl/N-ethyl adjacent to an activating group) is 1. The van der Waals surface area contributed by atoms with Gasteiger partial charge in [0.2, 0.25) is 5.91 Å². The largest absolute Gasteiger partial charge is 0.324 e. The van der Waals surface area contributed by atoms with Crippen molar-refractivity contribution in [3.63, 3.8) is 0 Å². The molecule has 1 saturated heterocycles. The molecule has 0 aromatic carbocycles. The standard InChI is InChI=1S/C16H33N3O/c1-7-9-11-13-15(20)19(14(17-13)10-8-2)12-16(3,4)18(5)6/h13-14,17H,7-12H2,1-6H3. The van der Waals surface area contributed by atoms with E-state index in [2.05, 4.69) is 56.9 Å². The van der Waals surface area contributed by atoms with Crippen LogP contribution in [0, 0.1) is 0 Å². The fourth-order valence-electron chi connectivity index (χ4n) is 2.62. The summed E-state index contributed by atoms with van der Waals surface area (Å²) in [6, 6.07) is 0.0319. The van der Waals surface area contributed by atoms with Gasteiger partial charge < -0.3 is 9.80 Å². The Morgan fingerprint density at radius 1 is 1.20 bits per heavy atom. The Bertz CT molecular complexity index is 315. The van der Waals surface area contributed by atoms with E-state index in [-0.39, 0.29) is 17.7 Å². The topological polar surface area (TPSA) is 35.6 Å². The molecule has 0 saturated carbocycles. The van der Waals surface area contributed by atoms with Gasteiger partial charge in [0.05, 0.1) is 12.2 Å². The maximum Gasteiger partial charge on any atom is 0.241 e. The van der Waals surface area contributed by atoms with E-state index in [1.165, 1.54) is 0 Å². The van der Waals surface area contributed by atoms with Gasteiger partial charge in [0.25, 0.3) is 0 Å². The van der Waals surface area contributed by atoms with Crippen molar-refractivity contribution in [2.75, 3.05) is 20.6 Å². The Morgan fingerprint density at radius 2 is 1.85 bits per heavy atom. The molecule has 1 N–H and O–H groups in total. The smallest absolute Gasteiger partial charge is 0.241 e. The molecule has 0 aromatic heterocycles. The van der Waals surface area contributed by atoms with E-state index in [4.69, 9.17) is 0 Å². The average molecular weight is 283 g/mol. The molecule has 1 fully saturated rings. The van der Waals surface area contributed by atoms with Crippen molar-refractivity contribution in [1.82, 2.24) is 15.1 Å². The second-order valence-electron chi connectivity index (χ2n) is 6.84. The highest BCUT2D eigenvalue weighted by molar-refractivity contribution is 5.84. The van der Waals surface area contributed by atoms with Crippen molar-refractivity contribution in [3.8, 4) is 0 Å². The second kappa shape index (κ2) is 7.41. The second-order valence-corrected chi connectivity index (χ2v) is 6.84. The summed E-state index contributed by atoms with van der Waals surface area (Å²) in [6.07, 6.45) is 5.59. The van der Waals surface area contributed by atoms with Gasteiger partial charge in [0.15, 0.2) is 0 Å². The summed E-state index contributed by atoms with van der Waals surface area (Å²) in [7, 11) is 4.16. The quantitative estimate of drug-likeness (QED) is 0.743. The molecule has 1 aliphatic rings. The predicted octanol–water partition coefficient (Wildman–Crippen LogP) is 2.44. The summed E-state index contributed by atoms with van der Waals surface area (Å²) in [5.74, 6) is 0.298. The molecule has 1 heterocycles. The van der Waals surface area contributed by atoms with Crippen LogP contribution in [0.2, 0.25) is 0 Å². The third kappa shape index (κ3) is 4.19. The van der Waals surface area contributed by atoms with E-state index in [0.717, 1.165) is 38.6 Å². The molecule has 4 heteroatoms. The highest BCUT2D eigenvalue weighted by Crippen LogP contribution is 2.23. The third-order valence-corrected chi connectivity index (χ3v) is 4.53. The van der Waals surface area contributed by atoms with Crippen LogP contribution >= 0.6 is 0 Å². The van der Waals surface area contributed by atoms with E-state index in [9.17, 15) is 4.79 Å². The lowest BCUT2D eigenvalue weighted by Gasteiger charge is -2.38. The fourth-order valence-corrected chi connectivity index (χ4v) is 2.62. The first-order chi connectivity index (χ1) is 9.33. The van der Waals surface area contributed by atoms with Crippen molar-refractivity contribution in [3.05, 3.63) is 0 Å². The van der Waals surface area contributed by atoms with Gasteiger partial charge in [-0.2, -0.15) is 0 Å². The number of carbonyl (C=O) groups is 1. The van der Waals surface area contributed by atoms with Crippen molar-refractivity contribution < 1.29 is 4.79 Å². The van der Waals surface area contributed by atoms with E-state index >= 15 is 0 Å². The number of amides is 1. The molecule has 2 unspecified atom stereocenters. The summed E-state index contributed by atoms with van der Waals surface area (Å²) in [6.45, 7) is 9.54. The zero-order chi connectivity index (χ0) is 15.3. The van der Waals surface area contributed by atoms with Crippen molar-refractivity contribution in [1.29, 1.82) is 0 Å². The zero-order valence-electron chi connectivity index (χ0n) is 14.2. The maximum atomic E-state index is 12.6.